The largest absolute Gasteiger partial charge is 0.330 e. The molecule has 5 heteroatoms. The lowest BCUT2D eigenvalue weighted by atomic mass is 10.2. The van der Waals surface area contributed by atoms with E-state index in [0.29, 0.717) is 0 Å². The van der Waals surface area contributed by atoms with E-state index >= 15 is 0 Å². The lowest BCUT2D eigenvalue weighted by molar-refractivity contribution is 0.628. The van der Waals surface area contributed by atoms with Gasteiger partial charge in [-0.25, -0.2) is 9.37 Å². The van der Waals surface area contributed by atoms with Crippen molar-refractivity contribution in [2.45, 2.75) is 6.42 Å². The molecule has 0 aliphatic rings. The lowest BCUT2D eigenvalue weighted by Crippen LogP contribution is -2.12. The third-order valence-electron chi connectivity index (χ3n) is 2.86. The molecular weight excluding hydrogens is 297 g/mol. The molecule has 0 bridgehead atoms. The van der Waals surface area contributed by atoms with E-state index in [-0.39, 0.29) is 5.82 Å². The molecular formula is C13H15BrFN3. The molecule has 1 aromatic carbocycles. The molecule has 0 fully saturated rings. The first-order valence-electron chi connectivity index (χ1n) is 5.75. The number of rotatable bonds is 4. The Balaban J connectivity index is 2.40. The van der Waals surface area contributed by atoms with Gasteiger partial charge < -0.3 is 9.88 Å². The van der Waals surface area contributed by atoms with Gasteiger partial charge in [0.15, 0.2) is 0 Å². The minimum Gasteiger partial charge on any atom is -0.330 e. The van der Waals surface area contributed by atoms with E-state index in [2.05, 4.69) is 26.2 Å². The molecule has 0 saturated carbocycles. The fraction of sp³-hybridized carbons (Fsp3) is 0.308. The standard InChI is InChI=1S/C13H15BrFN3/c1-16-7-6-11-12(14)17-13(18(11)2)9-4-3-5-10(15)8-9/h3-5,8,16H,6-7H2,1-2H3. The van der Waals surface area contributed by atoms with Crippen molar-refractivity contribution in [3.8, 4) is 11.4 Å². The lowest BCUT2D eigenvalue weighted by Gasteiger charge is -2.06. The fourth-order valence-corrected chi connectivity index (χ4v) is 2.53. The van der Waals surface area contributed by atoms with E-state index in [9.17, 15) is 4.39 Å². The molecule has 1 heterocycles. The molecule has 3 nitrogen and oxygen atoms in total. The maximum atomic E-state index is 13.2. The van der Waals surface area contributed by atoms with E-state index in [1.165, 1.54) is 12.1 Å². The number of aromatic nitrogens is 2. The van der Waals surface area contributed by atoms with Crippen LogP contribution in [0.25, 0.3) is 11.4 Å². The number of hydrogen-bond acceptors (Lipinski definition) is 2. The van der Waals surface area contributed by atoms with Crippen molar-refractivity contribution in [2.24, 2.45) is 7.05 Å². The van der Waals surface area contributed by atoms with Gasteiger partial charge in [-0.1, -0.05) is 12.1 Å². The van der Waals surface area contributed by atoms with E-state index < -0.39 is 0 Å². The van der Waals surface area contributed by atoms with E-state index in [4.69, 9.17) is 0 Å². The summed E-state index contributed by atoms with van der Waals surface area (Å²) in [6, 6.07) is 6.49. The highest BCUT2D eigenvalue weighted by atomic mass is 79.9. The maximum absolute atomic E-state index is 13.2. The summed E-state index contributed by atoms with van der Waals surface area (Å²) in [4.78, 5) is 4.46. The first-order valence-corrected chi connectivity index (χ1v) is 6.54. The Hall–Kier alpha value is -1.20. The Kier molecular flexibility index (Phi) is 4.14. The Morgan fingerprint density at radius 3 is 2.89 bits per heavy atom. The summed E-state index contributed by atoms with van der Waals surface area (Å²) in [5.74, 6) is 0.524. The molecule has 0 radical (unpaired) electrons. The van der Waals surface area contributed by atoms with E-state index in [0.717, 1.165) is 34.7 Å². The van der Waals surface area contributed by atoms with Gasteiger partial charge in [0.2, 0.25) is 0 Å². The molecule has 0 aliphatic carbocycles. The van der Waals surface area contributed by atoms with Crippen molar-refractivity contribution < 1.29 is 4.39 Å². The molecule has 1 N–H and O–H groups in total. The van der Waals surface area contributed by atoms with Crippen LogP contribution in [0, 0.1) is 5.82 Å². The van der Waals surface area contributed by atoms with Crippen LogP contribution in [0.5, 0.6) is 0 Å². The van der Waals surface area contributed by atoms with Gasteiger partial charge in [0.1, 0.15) is 16.2 Å². The third-order valence-corrected chi connectivity index (χ3v) is 3.49. The van der Waals surface area contributed by atoms with Crippen LogP contribution in [0.1, 0.15) is 5.69 Å². The first kappa shape index (κ1) is 13.2. The minimum absolute atomic E-state index is 0.247. The molecule has 0 saturated heterocycles. The summed E-state index contributed by atoms with van der Waals surface area (Å²) < 4.78 is 16.1. The maximum Gasteiger partial charge on any atom is 0.141 e. The number of hydrogen-bond donors (Lipinski definition) is 1. The van der Waals surface area contributed by atoms with Crippen LogP contribution in [0.15, 0.2) is 28.9 Å². The fourth-order valence-electron chi connectivity index (χ4n) is 1.90. The van der Waals surface area contributed by atoms with Crippen LogP contribution in [-0.4, -0.2) is 23.1 Å². The molecule has 2 aromatic rings. The summed E-state index contributed by atoms with van der Waals surface area (Å²) in [6.07, 6.45) is 0.871. The van der Waals surface area contributed by atoms with Crippen molar-refractivity contribution in [3.63, 3.8) is 0 Å². The molecule has 0 amide bonds. The number of nitrogens with one attached hydrogen (secondary N) is 1. The zero-order valence-electron chi connectivity index (χ0n) is 10.4. The highest BCUT2D eigenvalue weighted by Crippen LogP contribution is 2.25. The first-order chi connectivity index (χ1) is 8.63. The van der Waals surface area contributed by atoms with Crippen LogP contribution in [0.3, 0.4) is 0 Å². The van der Waals surface area contributed by atoms with Gasteiger partial charge in [0, 0.05) is 25.6 Å². The smallest absolute Gasteiger partial charge is 0.141 e. The predicted octanol–water partition coefficient (Wildman–Crippen LogP) is 2.75. The Morgan fingerprint density at radius 2 is 2.22 bits per heavy atom. The van der Waals surface area contributed by atoms with Crippen LogP contribution >= 0.6 is 15.9 Å². The summed E-state index contributed by atoms with van der Waals surface area (Å²) in [5.41, 5.74) is 1.89. The van der Waals surface area contributed by atoms with Gasteiger partial charge in [-0.2, -0.15) is 0 Å². The average molecular weight is 312 g/mol. The molecule has 0 atom stereocenters. The zero-order valence-corrected chi connectivity index (χ0v) is 12.0. The van der Waals surface area contributed by atoms with Crippen LogP contribution < -0.4 is 5.32 Å². The van der Waals surface area contributed by atoms with Crippen molar-refractivity contribution in [1.82, 2.24) is 14.9 Å². The van der Waals surface area contributed by atoms with Gasteiger partial charge in [-0.05, 0) is 35.1 Å². The number of benzene rings is 1. The second kappa shape index (κ2) is 5.63. The highest BCUT2D eigenvalue weighted by Gasteiger charge is 2.13. The molecule has 0 aliphatic heterocycles. The Bertz CT molecular complexity index is 551. The zero-order chi connectivity index (χ0) is 13.1. The number of nitrogens with zero attached hydrogens (tertiary/aromatic N) is 2. The monoisotopic (exact) mass is 311 g/mol. The van der Waals surface area contributed by atoms with Gasteiger partial charge in [0.05, 0.1) is 5.69 Å². The number of imidazole rings is 1. The topological polar surface area (TPSA) is 29.9 Å². The normalized spacial score (nSPS) is 10.9. The van der Waals surface area contributed by atoms with Gasteiger partial charge in [-0.15, -0.1) is 0 Å². The summed E-state index contributed by atoms with van der Waals surface area (Å²) in [5, 5.41) is 3.11. The van der Waals surface area contributed by atoms with Crippen LogP contribution in [0.4, 0.5) is 4.39 Å². The molecule has 0 unspecified atom stereocenters. The van der Waals surface area contributed by atoms with Crippen molar-refractivity contribution in [3.05, 3.63) is 40.4 Å². The van der Waals surface area contributed by atoms with E-state index in [1.54, 1.807) is 6.07 Å². The van der Waals surface area contributed by atoms with Gasteiger partial charge in [0.25, 0.3) is 0 Å². The molecule has 18 heavy (non-hydrogen) atoms. The minimum atomic E-state index is -0.247. The molecule has 2 rings (SSSR count). The SMILES string of the molecule is CNCCc1c(Br)nc(-c2cccc(F)c2)n1C. The quantitative estimate of drug-likeness (QED) is 0.941. The van der Waals surface area contributed by atoms with Gasteiger partial charge >= 0.3 is 0 Å². The molecule has 1 aromatic heterocycles. The second-order valence-corrected chi connectivity index (χ2v) is 4.85. The van der Waals surface area contributed by atoms with Crippen molar-refractivity contribution >= 4 is 15.9 Å². The average Bonchev–Trinajstić information content (AvgIpc) is 2.63. The number of halogens is 2. The van der Waals surface area contributed by atoms with E-state index in [1.807, 2.05) is 24.7 Å². The summed E-state index contributed by atoms with van der Waals surface area (Å²) >= 11 is 3.46. The highest BCUT2D eigenvalue weighted by molar-refractivity contribution is 9.10. The Morgan fingerprint density at radius 1 is 1.44 bits per heavy atom. The molecule has 0 spiro atoms. The van der Waals surface area contributed by atoms with Crippen molar-refractivity contribution in [1.29, 1.82) is 0 Å². The van der Waals surface area contributed by atoms with Crippen LogP contribution in [0.2, 0.25) is 0 Å². The third kappa shape index (κ3) is 2.62. The van der Waals surface area contributed by atoms with Crippen molar-refractivity contribution in [2.75, 3.05) is 13.6 Å². The Labute approximate surface area is 114 Å². The number of likely N-dealkylation sites (N-methyl/N-ethyl adjacent to an activating group) is 1. The second-order valence-electron chi connectivity index (χ2n) is 4.10. The predicted molar refractivity (Wildman–Crippen MR) is 73.9 cm³/mol. The summed E-state index contributed by atoms with van der Waals surface area (Å²) in [7, 11) is 3.86. The summed E-state index contributed by atoms with van der Waals surface area (Å²) in [6.45, 7) is 0.876. The van der Waals surface area contributed by atoms with Crippen LogP contribution in [-0.2, 0) is 13.5 Å². The van der Waals surface area contributed by atoms with Gasteiger partial charge in [-0.3, -0.25) is 0 Å². The molecule has 96 valence electrons.